The summed E-state index contributed by atoms with van der Waals surface area (Å²) in [4.78, 5) is 15.6. The molecule has 0 saturated heterocycles. The molecule has 0 bridgehead atoms. The number of aromatic nitrogens is 1. The molecule has 7 nitrogen and oxygen atoms in total. The van der Waals surface area contributed by atoms with Gasteiger partial charge < -0.3 is 5.32 Å². The fourth-order valence-electron chi connectivity index (χ4n) is 2.42. The number of hydrogen-bond acceptors (Lipinski definition) is 4. The van der Waals surface area contributed by atoms with E-state index in [-0.39, 0.29) is 36.8 Å². The molecule has 1 aromatic heterocycles. The molecule has 0 saturated carbocycles. The average molecular weight is 373 g/mol. The maximum Gasteiger partial charge on any atom is 0.274 e. The Kier molecular flexibility index (Phi) is 5.19. The third kappa shape index (κ3) is 3.88. The molecule has 0 spiro atoms. The van der Waals surface area contributed by atoms with Gasteiger partial charge in [0.25, 0.3) is 10.2 Å². The highest BCUT2D eigenvalue weighted by atomic mass is 35.5. The maximum atomic E-state index is 14.2. The van der Waals surface area contributed by atoms with E-state index in [0.717, 1.165) is 0 Å². The van der Waals surface area contributed by atoms with E-state index in [2.05, 4.69) is 10.3 Å². The van der Waals surface area contributed by atoms with Crippen molar-refractivity contribution < 1.29 is 17.6 Å². The number of benzene rings is 1. The zero-order valence-corrected chi connectivity index (χ0v) is 13.9. The molecule has 128 valence electrons. The Balaban J connectivity index is 0.00000208. The second kappa shape index (κ2) is 6.81. The lowest BCUT2D eigenvalue weighted by molar-refractivity contribution is -0.115. The lowest BCUT2D eigenvalue weighted by Gasteiger charge is -2.09. The van der Waals surface area contributed by atoms with Crippen molar-refractivity contribution in [2.75, 3.05) is 5.32 Å². The van der Waals surface area contributed by atoms with Gasteiger partial charge in [-0.15, -0.1) is 12.4 Å². The number of amides is 1. The molecular weight excluding hydrogens is 359 g/mol. The fourth-order valence-corrected chi connectivity index (χ4v) is 2.78. The highest BCUT2D eigenvalue weighted by molar-refractivity contribution is 7.87. The third-order valence-electron chi connectivity index (χ3n) is 3.48. The molecule has 0 radical (unpaired) electrons. The van der Waals surface area contributed by atoms with Gasteiger partial charge in [0.05, 0.1) is 6.42 Å². The summed E-state index contributed by atoms with van der Waals surface area (Å²) < 4.78 is 37.9. The van der Waals surface area contributed by atoms with Crippen LogP contribution >= 0.6 is 12.4 Å². The number of halogens is 2. The highest BCUT2D eigenvalue weighted by Crippen LogP contribution is 2.32. The zero-order valence-electron chi connectivity index (χ0n) is 12.2. The highest BCUT2D eigenvalue weighted by Gasteiger charge is 2.22. The second-order valence-corrected chi connectivity index (χ2v) is 6.46. The van der Waals surface area contributed by atoms with E-state index in [9.17, 15) is 17.6 Å². The van der Waals surface area contributed by atoms with Crippen LogP contribution in [0.4, 0.5) is 10.2 Å². The first-order valence-electron chi connectivity index (χ1n) is 6.67. The Morgan fingerprint density at radius 3 is 2.75 bits per heavy atom. The molecule has 0 fully saturated rings. The lowest BCUT2D eigenvalue weighted by Crippen LogP contribution is -2.30. The van der Waals surface area contributed by atoms with Crippen LogP contribution in [-0.4, -0.2) is 19.3 Å². The number of rotatable bonds is 4. The Hall–Kier alpha value is -2.07. The van der Waals surface area contributed by atoms with E-state index in [0.29, 0.717) is 22.5 Å². The van der Waals surface area contributed by atoms with Crippen LogP contribution < -0.4 is 15.2 Å². The van der Waals surface area contributed by atoms with Crippen molar-refractivity contribution in [3.05, 3.63) is 47.4 Å². The normalized spacial score (nSPS) is 13.2. The zero-order chi connectivity index (χ0) is 16.6. The minimum Gasteiger partial charge on any atom is -0.310 e. The van der Waals surface area contributed by atoms with Crippen LogP contribution in [0.5, 0.6) is 0 Å². The van der Waals surface area contributed by atoms with Crippen LogP contribution in [0, 0.1) is 5.82 Å². The second-order valence-electron chi connectivity index (χ2n) is 5.08. The number of fused-ring (bicyclic) bond motifs is 1. The van der Waals surface area contributed by atoms with Crippen LogP contribution in [0.15, 0.2) is 30.5 Å². The monoisotopic (exact) mass is 372 g/mol. The van der Waals surface area contributed by atoms with Crippen LogP contribution in [0.1, 0.15) is 11.1 Å². The Morgan fingerprint density at radius 1 is 1.33 bits per heavy atom. The minimum atomic E-state index is -3.89. The predicted octanol–water partition coefficient (Wildman–Crippen LogP) is 1.10. The molecule has 1 aliphatic rings. The molecule has 0 aliphatic carbocycles. The van der Waals surface area contributed by atoms with Gasteiger partial charge >= 0.3 is 0 Å². The van der Waals surface area contributed by atoms with Crippen molar-refractivity contribution in [2.24, 2.45) is 5.14 Å². The van der Waals surface area contributed by atoms with E-state index < -0.39 is 16.0 Å². The van der Waals surface area contributed by atoms with Crippen LogP contribution in [0.3, 0.4) is 0 Å². The lowest BCUT2D eigenvalue weighted by atomic mass is 9.99. The van der Waals surface area contributed by atoms with E-state index in [1.807, 2.05) is 4.72 Å². The molecule has 4 N–H and O–H groups in total. The summed E-state index contributed by atoms with van der Waals surface area (Å²) in [5.41, 5.74) is 2.17. The van der Waals surface area contributed by atoms with Crippen LogP contribution in [0.2, 0.25) is 0 Å². The first-order chi connectivity index (χ1) is 10.8. The summed E-state index contributed by atoms with van der Waals surface area (Å²) in [6.45, 7) is -0.237. The van der Waals surface area contributed by atoms with Gasteiger partial charge in [-0.2, -0.15) is 13.1 Å². The van der Waals surface area contributed by atoms with Crippen molar-refractivity contribution in [2.45, 2.75) is 13.0 Å². The Morgan fingerprint density at radius 2 is 2.08 bits per heavy atom. The molecule has 0 unspecified atom stereocenters. The number of pyridine rings is 1. The first kappa shape index (κ1) is 18.3. The number of hydrogen-bond donors (Lipinski definition) is 3. The van der Waals surface area contributed by atoms with Crippen LogP contribution in [-0.2, 0) is 28.0 Å². The first-order valence-corrected chi connectivity index (χ1v) is 8.22. The number of nitrogens with zero attached hydrogens (tertiary/aromatic N) is 1. The van der Waals surface area contributed by atoms with Gasteiger partial charge in [0, 0.05) is 23.9 Å². The SMILES string of the molecule is Cl.NS(=O)(=O)NCc1ccc(-c2ccnc3c2CC(=O)N3)cc1F. The molecular formula is C14H14ClFN4O3S. The van der Waals surface area contributed by atoms with Gasteiger partial charge in [-0.3, -0.25) is 4.79 Å². The molecule has 0 atom stereocenters. The Bertz CT molecular complexity index is 905. The summed E-state index contributed by atoms with van der Waals surface area (Å²) >= 11 is 0. The number of carbonyl (C=O) groups is 1. The van der Waals surface area contributed by atoms with Crippen molar-refractivity contribution in [3.63, 3.8) is 0 Å². The predicted molar refractivity (Wildman–Crippen MR) is 89.2 cm³/mol. The molecule has 24 heavy (non-hydrogen) atoms. The van der Waals surface area contributed by atoms with Gasteiger partial charge in [-0.25, -0.2) is 14.5 Å². The van der Waals surface area contributed by atoms with Crippen molar-refractivity contribution in [1.82, 2.24) is 9.71 Å². The molecule has 2 heterocycles. The molecule has 3 rings (SSSR count). The largest absolute Gasteiger partial charge is 0.310 e. The van der Waals surface area contributed by atoms with Gasteiger partial charge in [0.15, 0.2) is 0 Å². The van der Waals surface area contributed by atoms with Crippen molar-refractivity contribution in [3.8, 4) is 11.1 Å². The van der Waals surface area contributed by atoms with Crippen molar-refractivity contribution >= 4 is 34.3 Å². The van der Waals surface area contributed by atoms with E-state index in [1.54, 1.807) is 12.1 Å². The summed E-state index contributed by atoms with van der Waals surface area (Å²) in [6.07, 6.45) is 1.73. The smallest absolute Gasteiger partial charge is 0.274 e. The van der Waals surface area contributed by atoms with Gasteiger partial charge in [0.1, 0.15) is 11.6 Å². The quantitative estimate of drug-likeness (QED) is 0.745. The molecule has 1 aromatic carbocycles. The maximum absolute atomic E-state index is 14.2. The summed E-state index contributed by atoms with van der Waals surface area (Å²) in [5.74, 6) is -0.247. The number of nitrogens with two attached hydrogens (primary N) is 1. The number of nitrogens with one attached hydrogen (secondary N) is 2. The number of anilines is 1. The van der Waals surface area contributed by atoms with E-state index in [4.69, 9.17) is 5.14 Å². The summed E-state index contributed by atoms with van der Waals surface area (Å²) in [6, 6.07) is 6.12. The molecule has 2 aromatic rings. The Labute approximate surface area is 144 Å². The standard InChI is InChI=1S/C14H13FN4O3S.ClH/c15-12-5-8(1-2-9(12)7-18-23(16,21)22)10-3-4-17-14-11(10)6-13(20)19-14;/h1-5,18H,6-7H2,(H2,16,21,22)(H,17,19,20);1H. The van der Waals surface area contributed by atoms with E-state index >= 15 is 0 Å². The number of carbonyl (C=O) groups excluding carboxylic acids is 1. The van der Waals surface area contributed by atoms with Gasteiger partial charge in [-0.05, 0) is 23.3 Å². The molecule has 10 heteroatoms. The summed E-state index contributed by atoms with van der Waals surface area (Å²) in [5, 5.41) is 7.46. The average Bonchev–Trinajstić information content (AvgIpc) is 2.85. The third-order valence-corrected chi connectivity index (χ3v) is 4.03. The minimum absolute atomic E-state index is 0. The van der Waals surface area contributed by atoms with Gasteiger partial charge in [-0.1, -0.05) is 12.1 Å². The molecule has 1 aliphatic heterocycles. The van der Waals surface area contributed by atoms with Crippen LogP contribution in [0.25, 0.3) is 11.1 Å². The van der Waals surface area contributed by atoms with Gasteiger partial charge in [0.2, 0.25) is 5.91 Å². The van der Waals surface area contributed by atoms with E-state index in [1.165, 1.54) is 18.3 Å². The fraction of sp³-hybridized carbons (Fsp3) is 0.143. The summed E-state index contributed by atoms with van der Waals surface area (Å²) in [7, 11) is -3.89. The topological polar surface area (TPSA) is 114 Å². The van der Waals surface area contributed by atoms with Crippen molar-refractivity contribution in [1.29, 1.82) is 0 Å². The molecule has 1 amide bonds.